The molecule has 1 heterocycles. The van der Waals surface area contributed by atoms with Gasteiger partial charge >= 0.3 is 0 Å². The van der Waals surface area contributed by atoms with E-state index in [0.717, 1.165) is 19.5 Å². The molecule has 1 fully saturated rings. The van der Waals surface area contributed by atoms with E-state index in [1.165, 1.54) is 12.8 Å². The standard InChI is InChI=1S/C7H15NO.C2H6/c9-6-7-2-1-4-8-5-3-7;1-2/h7-9H,1-6H2;1-2H3. The summed E-state index contributed by atoms with van der Waals surface area (Å²) in [6.07, 6.45) is 3.57. The number of aliphatic hydroxyl groups is 1. The van der Waals surface area contributed by atoms with E-state index in [4.69, 9.17) is 5.11 Å². The zero-order chi connectivity index (χ0) is 8.53. The molecule has 0 aromatic rings. The van der Waals surface area contributed by atoms with Gasteiger partial charge in [-0.3, -0.25) is 0 Å². The Bertz CT molecular complexity index is 68.0. The fourth-order valence-electron chi connectivity index (χ4n) is 1.27. The molecule has 0 bridgehead atoms. The Morgan fingerprint density at radius 1 is 1.27 bits per heavy atom. The third-order valence-corrected chi connectivity index (χ3v) is 1.95. The maximum atomic E-state index is 8.79. The third kappa shape index (κ3) is 5.22. The first-order valence-electron chi connectivity index (χ1n) is 4.75. The first-order valence-corrected chi connectivity index (χ1v) is 4.75. The van der Waals surface area contributed by atoms with Gasteiger partial charge in [0.1, 0.15) is 0 Å². The highest BCUT2D eigenvalue weighted by molar-refractivity contribution is 4.64. The van der Waals surface area contributed by atoms with Gasteiger partial charge in [-0.2, -0.15) is 0 Å². The Morgan fingerprint density at radius 2 is 2.00 bits per heavy atom. The molecular weight excluding hydrogens is 138 g/mol. The minimum atomic E-state index is 0.377. The molecule has 11 heavy (non-hydrogen) atoms. The fourth-order valence-corrected chi connectivity index (χ4v) is 1.27. The average Bonchev–Trinajstić information content (AvgIpc) is 2.35. The molecule has 2 N–H and O–H groups in total. The van der Waals surface area contributed by atoms with Crippen LogP contribution in [-0.2, 0) is 0 Å². The number of hydrogen-bond acceptors (Lipinski definition) is 2. The number of nitrogens with one attached hydrogen (secondary N) is 1. The lowest BCUT2D eigenvalue weighted by Gasteiger charge is -2.07. The van der Waals surface area contributed by atoms with Crippen LogP contribution in [0.25, 0.3) is 0 Å². The van der Waals surface area contributed by atoms with E-state index >= 15 is 0 Å². The smallest absolute Gasteiger partial charge is 0.0459 e. The zero-order valence-corrected chi connectivity index (χ0v) is 7.77. The van der Waals surface area contributed by atoms with E-state index < -0.39 is 0 Å². The Balaban J connectivity index is 0.000000461. The van der Waals surface area contributed by atoms with Crippen LogP contribution in [0.4, 0.5) is 0 Å². The van der Waals surface area contributed by atoms with Crippen molar-refractivity contribution in [1.82, 2.24) is 5.32 Å². The van der Waals surface area contributed by atoms with Gasteiger partial charge in [0.2, 0.25) is 0 Å². The highest BCUT2D eigenvalue weighted by atomic mass is 16.3. The van der Waals surface area contributed by atoms with Gasteiger partial charge in [0.15, 0.2) is 0 Å². The third-order valence-electron chi connectivity index (χ3n) is 1.95. The largest absolute Gasteiger partial charge is 0.396 e. The van der Waals surface area contributed by atoms with Gasteiger partial charge < -0.3 is 10.4 Å². The molecule has 0 saturated carbocycles. The highest BCUT2D eigenvalue weighted by Gasteiger charge is 2.09. The van der Waals surface area contributed by atoms with Gasteiger partial charge in [0, 0.05) is 6.61 Å². The van der Waals surface area contributed by atoms with Crippen molar-refractivity contribution in [3.05, 3.63) is 0 Å². The van der Waals surface area contributed by atoms with Crippen LogP contribution in [0.15, 0.2) is 0 Å². The van der Waals surface area contributed by atoms with Crippen LogP contribution in [-0.4, -0.2) is 24.8 Å². The normalized spacial score (nSPS) is 24.8. The van der Waals surface area contributed by atoms with Crippen LogP contribution in [0.1, 0.15) is 33.1 Å². The van der Waals surface area contributed by atoms with Crippen LogP contribution in [0.3, 0.4) is 0 Å². The highest BCUT2D eigenvalue weighted by Crippen LogP contribution is 2.11. The maximum absolute atomic E-state index is 8.79. The molecule has 1 unspecified atom stereocenters. The fraction of sp³-hybridized carbons (Fsp3) is 1.00. The maximum Gasteiger partial charge on any atom is 0.0459 e. The van der Waals surface area contributed by atoms with Crippen molar-refractivity contribution in [3.8, 4) is 0 Å². The van der Waals surface area contributed by atoms with Gasteiger partial charge in [0.05, 0.1) is 0 Å². The van der Waals surface area contributed by atoms with Crippen LogP contribution >= 0.6 is 0 Å². The van der Waals surface area contributed by atoms with Crippen molar-refractivity contribution in [1.29, 1.82) is 0 Å². The van der Waals surface area contributed by atoms with Crippen molar-refractivity contribution in [2.75, 3.05) is 19.7 Å². The molecule has 2 heteroatoms. The predicted octanol–water partition coefficient (Wildman–Crippen LogP) is 1.39. The summed E-state index contributed by atoms with van der Waals surface area (Å²) in [7, 11) is 0. The van der Waals surface area contributed by atoms with Gasteiger partial charge in [-0.1, -0.05) is 13.8 Å². The van der Waals surface area contributed by atoms with Crippen molar-refractivity contribution < 1.29 is 5.11 Å². The first-order chi connectivity index (χ1) is 5.43. The molecule has 1 aliphatic heterocycles. The number of hydrogen-bond donors (Lipinski definition) is 2. The van der Waals surface area contributed by atoms with Gasteiger partial charge in [-0.25, -0.2) is 0 Å². The summed E-state index contributed by atoms with van der Waals surface area (Å²) in [5, 5.41) is 12.1. The van der Waals surface area contributed by atoms with Crippen molar-refractivity contribution >= 4 is 0 Å². The summed E-state index contributed by atoms with van der Waals surface area (Å²) >= 11 is 0. The topological polar surface area (TPSA) is 32.3 Å². The first kappa shape index (κ1) is 10.9. The molecule has 0 aliphatic carbocycles. The second-order valence-corrected chi connectivity index (χ2v) is 2.73. The van der Waals surface area contributed by atoms with E-state index in [1.54, 1.807) is 0 Å². The van der Waals surface area contributed by atoms with Crippen molar-refractivity contribution in [2.45, 2.75) is 33.1 Å². The monoisotopic (exact) mass is 159 g/mol. The summed E-state index contributed by atoms with van der Waals surface area (Å²) in [5.41, 5.74) is 0. The molecule has 2 nitrogen and oxygen atoms in total. The van der Waals surface area contributed by atoms with Crippen LogP contribution < -0.4 is 5.32 Å². The van der Waals surface area contributed by atoms with Crippen molar-refractivity contribution in [3.63, 3.8) is 0 Å². The molecule has 0 spiro atoms. The van der Waals surface area contributed by atoms with Crippen molar-refractivity contribution in [2.24, 2.45) is 5.92 Å². The summed E-state index contributed by atoms with van der Waals surface area (Å²) in [6, 6.07) is 0. The molecule has 0 aromatic carbocycles. The molecule has 0 amide bonds. The van der Waals surface area contributed by atoms with E-state index in [2.05, 4.69) is 5.32 Å². The van der Waals surface area contributed by atoms with Gasteiger partial charge in [-0.05, 0) is 38.3 Å². The van der Waals surface area contributed by atoms with Crippen LogP contribution in [0, 0.1) is 5.92 Å². The minimum Gasteiger partial charge on any atom is -0.396 e. The Hall–Kier alpha value is -0.0800. The summed E-state index contributed by atoms with van der Waals surface area (Å²) in [6.45, 7) is 6.60. The lowest BCUT2D eigenvalue weighted by atomic mass is 10.0. The SMILES string of the molecule is CC.OCC1CCCNCC1. The number of rotatable bonds is 1. The Labute approximate surface area is 70.0 Å². The molecule has 1 aliphatic rings. The molecule has 1 rings (SSSR count). The second-order valence-electron chi connectivity index (χ2n) is 2.73. The van der Waals surface area contributed by atoms with Crippen LogP contribution in [0.2, 0.25) is 0 Å². The lowest BCUT2D eigenvalue weighted by molar-refractivity contribution is 0.215. The molecule has 68 valence electrons. The zero-order valence-electron chi connectivity index (χ0n) is 7.77. The minimum absolute atomic E-state index is 0.377. The molecule has 0 aromatic heterocycles. The molecule has 0 radical (unpaired) electrons. The van der Waals surface area contributed by atoms with Crippen LogP contribution in [0.5, 0.6) is 0 Å². The lowest BCUT2D eigenvalue weighted by Crippen LogP contribution is -2.14. The number of aliphatic hydroxyl groups excluding tert-OH is 1. The summed E-state index contributed by atoms with van der Waals surface area (Å²) in [5.74, 6) is 0.569. The van der Waals surface area contributed by atoms with E-state index in [1.807, 2.05) is 13.8 Å². The Morgan fingerprint density at radius 3 is 2.64 bits per heavy atom. The molecular formula is C9H21NO. The molecule has 1 atom stereocenters. The van der Waals surface area contributed by atoms with E-state index in [9.17, 15) is 0 Å². The van der Waals surface area contributed by atoms with Gasteiger partial charge in [0.25, 0.3) is 0 Å². The average molecular weight is 159 g/mol. The summed E-state index contributed by atoms with van der Waals surface area (Å²) < 4.78 is 0. The quantitative estimate of drug-likeness (QED) is 0.606. The van der Waals surface area contributed by atoms with E-state index in [0.29, 0.717) is 12.5 Å². The van der Waals surface area contributed by atoms with Gasteiger partial charge in [-0.15, -0.1) is 0 Å². The summed E-state index contributed by atoms with van der Waals surface area (Å²) in [4.78, 5) is 0. The second kappa shape index (κ2) is 8.02. The molecule has 1 saturated heterocycles. The Kier molecular flexibility index (Phi) is 7.96. The predicted molar refractivity (Wildman–Crippen MR) is 48.6 cm³/mol. The van der Waals surface area contributed by atoms with E-state index in [-0.39, 0.29) is 0 Å².